The molecule has 1 aliphatic rings. The molecule has 8 heteroatoms. The second kappa shape index (κ2) is 10.3. The van der Waals surface area contributed by atoms with Crippen LogP contribution >= 0.6 is 11.5 Å². The predicted octanol–water partition coefficient (Wildman–Crippen LogP) is 4.26. The molecule has 150 valence electrons. The molecule has 6 nitrogen and oxygen atoms in total. The largest absolute Gasteiger partial charge is 0.299 e. The van der Waals surface area contributed by atoms with Gasteiger partial charge in [0.05, 0.1) is 4.90 Å². The zero-order valence-electron chi connectivity index (χ0n) is 15.6. The smallest absolute Gasteiger partial charge is 0.263 e. The number of sulfonamides is 1. The van der Waals surface area contributed by atoms with Crippen LogP contribution in [0.1, 0.15) is 26.3 Å². The molecule has 1 N–H and O–H groups in total. The van der Waals surface area contributed by atoms with Crippen LogP contribution in [0.4, 0.5) is 5.13 Å². The number of rotatable bonds is 5. The Morgan fingerprint density at radius 3 is 2.11 bits per heavy atom. The minimum absolute atomic E-state index is 0. The monoisotopic (exact) mass is 418 g/mol. The number of anilines is 1. The molecule has 0 aliphatic carbocycles. The van der Waals surface area contributed by atoms with E-state index >= 15 is 0 Å². The number of hydrogen-bond acceptors (Lipinski definition) is 6. The molecule has 0 amide bonds. The first-order valence-electron chi connectivity index (χ1n) is 9.24. The number of aromatic nitrogens is 2. The second-order valence-corrected chi connectivity index (χ2v) is 8.95. The summed E-state index contributed by atoms with van der Waals surface area (Å²) in [6.45, 7) is 3.13. The maximum absolute atomic E-state index is 12.2. The molecule has 0 spiro atoms. The molecular formula is C20H26N4O2S2. The van der Waals surface area contributed by atoms with E-state index in [4.69, 9.17) is 0 Å². The predicted molar refractivity (Wildman–Crippen MR) is 115 cm³/mol. The van der Waals surface area contributed by atoms with Gasteiger partial charge in [-0.3, -0.25) is 9.62 Å². The van der Waals surface area contributed by atoms with Crippen LogP contribution < -0.4 is 4.72 Å². The Bertz CT molecular complexity index is 888. The minimum atomic E-state index is -3.59. The molecule has 0 saturated carbocycles. The van der Waals surface area contributed by atoms with Crippen molar-refractivity contribution in [3.63, 3.8) is 0 Å². The van der Waals surface area contributed by atoms with Gasteiger partial charge in [0.2, 0.25) is 5.13 Å². The van der Waals surface area contributed by atoms with Crippen molar-refractivity contribution in [2.45, 2.75) is 30.7 Å². The third kappa shape index (κ3) is 6.40. The summed E-state index contributed by atoms with van der Waals surface area (Å²) in [4.78, 5) is 6.48. The van der Waals surface area contributed by atoms with E-state index in [1.807, 2.05) is 48.5 Å². The van der Waals surface area contributed by atoms with Crippen molar-refractivity contribution in [3.05, 3.63) is 72.6 Å². The average molecular weight is 419 g/mol. The second-order valence-electron chi connectivity index (χ2n) is 6.49. The van der Waals surface area contributed by atoms with E-state index in [2.05, 4.69) is 19.0 Å². The van der Waals surface area contributed by atoms with Gasteiger partial charge in [-0.1, -0.05) is 55.0 Å². The summed E-state index contributed by atoms with van der Waals surface area (Å²) < 4.78 is 30.6. The summed E-state index contributed by atoms with van der Waals surface area (Å²) in [5, 5.41) is 0.275. The summed E-state index contributed by atoms with van der Waals surface area (Å²) in [5.74, 6) is 0. The van der Waals surface area contributed by atoms with Gasteiger partial charge in [-0.25, -0.2) is 13.4 Å². The summed E-state index contributed by atoms with van der Waals surface area (Å²) in [6.07, 6.45) is 5.13. The highest BCUT2D eigenvalue weighted by Crippen LogP contribution is 2.18. The Labute approximate surface area is 172 Å². The molecule has 1 saturated heterocycles. The molecule has 0 bridgehead atoms. The number of hydrogen-bond donors (Lipinski definition) is 1. The van der Waals surface area contributed by atoms with Crippen LogP contribution in [0.15, 0.2) is 71.9 Å². The van der Waals surface area contributed by atoms with Crippen molar-refractivity contribution in [1.82, 2.24) is 14.3 Å². The topological polar surface area (TPSA) is 75.2 Å². The summed E-state index contributed by atoms with van der Waals surface area (Å²) in [7, 11) is -3.59. The summed E-state index contributed by atoms with van der Waals surface area (Å²) in [5.41, 5.74) is 1.14. The molecule has 0 unspecified atom stereocenters. The van der Waals surface area contributed by atoms with Gasteiger partial charge in [-0.15, -0.1) is 0 Å². The van der Waals surface area contributed by atoms with E-state index in [1.165, 1.54) is 25.6 Å². The van der Waals surface area contributed by atoms with Crippen LogP contribution in [-0.2, 0) is 16.6 Å². The van der Waals surface area contributed by atoms with Gasteiger partial charge >= 0.3 is 0 Å². The first-order chi connectivity index (χ1) is 13.6. The molecule has 4 rings (SSSR count). The average Bonchev–Trinajstić information content (AvgIpc) is 3.23. The minimum Gasteiger partial charge on any atom is -0.299 e. The number of nitrogens with zero attached hydrogens (tertiary/aromatic N) is 3. The maximum atomic E-state index is 12.2. The summed E-state index contributed by atoms with van der Waals surface area (Å²) >= 11 is 1.01. The third-order valence-corrected chi connectivity index (χ3v) is 6.40. The van der Waals surface area contributed by atoms with Gasteiger partial charge < -0.3 is 0 Å². The van der Waals surface area contributed by atoms with Gasteiger partial charge in [-0.2, -0.15) is 4.37 Å². The van der Waals surface area contributed by atoms with Gasteiger partial charge in [0.15, 0.2) is 0 Å². The van der Waals surface area contributed by atoms with Crippen molar-refractivity contribution in [2.24, 2.45) is 0 Å². The summed E-state index contributed by atoms with van der Waals surface area (Å²) in [6, 6.07) is 19.0. The van der Waals surface area contributed by atoms with E-state index in [0.717, 1.165) is 36.7 Å². The quantitative estimate of drug-likeness (QED) is 0.670. The SMILES string of the molecule is O=S(=O)(Nc1ncns1)c1ccc(CN2CCCCC2)cc1.[HH].c1ccccc1. The Balaban J connectivity index is 0.000000369. The van der Waals surface area contributed by atoms with Gasteiger partial charge in [0, 0.05) is 19.5 Å². The van der Waals surface area contributed by atoms with Crippen molar-refractivity contribution >= 4 is 26.7 Å². The first-order valence-corrected chi connectivity index (χ1v) is 11.5. The van der Waals surface area contributed by atoms with Gasteiger partial charge in [0.1, 0.15) is 6.33 Å². The van der Waals surface area contributed by atoms with Crippen molar-refractivity contribution < 1.29 is 9.84 Å². The fraction of sp³-hybridized carbons (Fsp3) is 0.300. The van der Waals surface area contributed by atoms with E-state index in [0.29, 0.717) is 0 Å². The highest BCUT2D eigenvalue weighted by atomic mass is 32.2. The third-order valence-electron chi connectivity index (χ3n) is 4.34. The molecule has 0 atom stereocenters. The fourth-order valence-corrected chi connectivity index (χ4v) is 4.59. The van der Waals surface area contributed by atoms with Crippen LogP contribution in [0, 0.1) is 0 Å². The van der Waals surface area contributed by atoms with Gasteiger partial charge in [-0.05, 0) is 43.6 Å². The highest BCUT2D eigenvalue weighted by Gasteiger charge is 2.16. The van der Waals surface area contributed by atoms with Crippen molar-refractivity contribution in [3.8, 4) is 0 Å². The highest BCUT2D eigenvalue weighted by molar-refractivity contribution is 7.93. The molecule has 1 fully saturated rings. The van der Waals surface area contributed by atoms with Crippen molar-refractivity contribution in [1.29, 1.82) is 0 Å². The lowest BCUT2D eigenvalue weighted by atomic mass is 10.1. The molecule has 1 aromatic heterocycles. The van der Waals surface area contributed by atoms with E-state index in [1.54, 1.807) is 12.1 Å². The molecule has 2 heterocycles. The van der Waals surface area contributed by atoms with Crippen LogP contribution in [0.2, 0.25) is 0 Å². The van der Waals surface area contributed by atoms with Crippen LogP contribution in [0.5, 0.6) is 0 Å². The first kappa shape index (κ1) is 20.4. The maximum Gasteiger partial charge on any atom is 0.263 e. The number of piperidine rings is 1. The van der Waals surface area contributed by atoms with Crippen molar-refractivity contribution in [2.75, 3.05) is 17.8 Å². The molecular weight excluding hydrogens is 392 g/mol. The normalized spacial score (nSPS) is 14.7. The van der Waals surface area contributed by atoms with Crippen LogP contribution in [0.3, 0.4) is 0 Å². The lowest BCUT2D eigenvalue weighted by Gasteiger charge is -2.26. The van der Waals surface area contributed by atoms with Gasteiger partial charge in [0.25, 0.3) is 10.0 Å². The van der Waals surface area contributed by atoms with E-state index in [-0.39, 0.29) is 11.5 Å². The molecule has 1 aliphatic heterocycles. The molecule has 3 aromatic rings. The number of nitrogens with one attached hydrogen (secondary N) is 1. The fourth-order valence-electron chi connectivity index (χ4n) is 2.93. The Kier molecular flexibility index (Phi) is 7.53. The lowest BCUT2D eigenvalue weighted by molar-refractivity contribution is 0.221. The zero-order valence-corrected chi connectivity index (χ0v) is 17.2. The lowest BCUT2D eigenvalue weighted by Crippen LogP contribution is -2.29. The van der Waals surface area contributed by atoms with Crippen LogP contribution in [-0.4, -0.2) is 35.8 Å². The number of benzene rings is 2. The molecule has 28 heavy (non-hydrogen) atoms. The van der Waals surface area contributed by atoms with E-state index in [9.17, 15) is 8.42 Å². The Morgan fingerprint density at radius 1 is 0.964 bits per heavy atom. The molecule has 2 aromatic carbocycles. The standard InChI is InChI=1S/C14H18N4O2S2.C6H6.H2/c19-22(20,17-14-15-11-16-21-14)13-6-4-12(5-7-13)10-18-8-2-1-3-9-18;1-2-4-6-5-3-1;/h4-7,11H,1-3,8-10H2,(H,15,16,17);1-6H;1H. The zero-order chi connectivity index (χ0) is 19.7. The van der Waals surface area contributed by atoms with Crippen LogP contribution in [0.25, 0.3) is 0 Å². The number of likely N-dealkylation sites (tertiary alicyclic amines) is 1. The van der Waals surface area contributed by atoms with E-state index < -0.39 is 10.0 Å². The molecule has 0 radical (unpaired) electrons. The Morgan fingerprint density at radius 2 is 1.57 bits per heavy atom. The Hall–Kier alpha value is -2.29.